The van der Waals surface area contributed by atoms with Crippen LogP contribution in [-0.2, 0) is 27.2 Å². The molecule has 1 aromatic heterocycles. The topological polar surface area (TPSA) is 59.1 Å². The van der Waals surface area contributed by atoms with Crippen molar-refractivity contribution in [1.82, 2.24) is 9.80 Å². The van der Waals surface area contributed by atoms with Crippen molar-refractivity contribution in [3.05, 3.63) is 87.6 Å². The van der Waals surface area contributed by atoms with Gasteiger partial charge in [0.1, 0.15) is 5.75 Å². The normalized spacial score (nSPS) is 14.8. The molecule has 2 amide bonds. The molecule has 3 aromatic rings. The molecular weight excluding hydrogens is 472 g/mol. The van der Waals surface area contributed by atoms with Crippen LogP contribution in [0.25, 0.3) is 0 Å². The van der Waals surface area contributed by atoms with E-state index in [1.165, 1.54) is 10.4 Å². The zero-order chi connectivity index (χ0) is 25.3. The average molecular weight is 507 g/mol. The number of methoxy groups -OCH3 is 1. The van der Waals surface area contributed by atoms with Gasteiger partial charge in [0.05, 0.1) is 26.1 Å². The van der Waals surface area contributed by atoms with E-state index in [1.54, 1.807) is 23.3 Å². The third-order valence-electron chi connectivity index (χ3n) is 6.52. The van der Waals surface area contributed by atoms with Crippen molar-refractivity contribution in [3.63, 3.8) is 0 Å². The van der Waals surface area contributed by atoms with Crippen LogP contribution in [0.5, 0.6) is 5.75 Å². The maximum absolute atomic E-state index is 13.7. The first kappa shape index (κ1) is 25.9. The van der Waals surface area contributed by atoms with Crippen molar-refractivity contribution in [2.24, 2.45) is 0 Å². The number of ether oxygens (including phenoxy) is 2. The Morgan fingerprint density at radius 2 is 1.86 bits per heavy atom. The van der Waals surface area contributed by atoms with Crippen LogP contribution in [0.1, 0.15) is 41.0 Å². The van der Waals surface area contributed by atoms with E-state index in [4.69, 9.17) is 9.47 Å². The van der Waals surface area contributed by atoms with Gasteiger partial charge in [-0.25, -0.2) is 0 Å². The monoisotopic (exact) mass is 506 g/mol. The summed E-state index contributed by atoms with van der Waals surface area (Å²) in [5.74, 6) is 0.662. The van der Waals surface area contributed by atoms with E-state index in [0.717, 1.165) is 23.3 Å². The van der Waals surface area contributed by atoms with Crippen LogP contribution in [-0.4, -0.2) is 61.6 Å². The first-order chi connectivity index (χ1) is 17.6. The van der Waals surface area contributed by atoms with Crippen LogP contribution in [0.4, 0.5) is 0 Å². The molecule has 36 heavy (non-hydrogen) atoms. The van der Waals surface area contributed by atoms with E-state index in [-0.39, 0.29) is 30.8 Å². The number of hydrogen-bond donors (Lipinski definition) is 0. The van der Waals surface area contributed by atoms with Crippen molar-refractivity contribution in [2.75, 3.05) is 40.0 Å². The summed E-state index contributed by atoms with van der Waals surface area (Å²) in [6.07, 6.45) is 1.77. The first-order valence-electron chi connectivity index (χ1n) is 12.5. The molecule has 1 aliphatic rings. The van der Waals surface area contributed by atoms with Crippen LogP contribution in [0.2, 0.25) is 0 Å². The fraction of sp³-hybridized carbons (Fsp3) is 0.379. The Bertz CT molecular complexity index is 1130. The molecule has 0 aliphatic carbocycles. The molecule has 0 spiro atoms. The Balaban J connectivity index is 1.51. The molecule has 0 fully saturated rings. The van der Waals surface area contributed by atoms with Crippen LogP contribution in [0.3, 0.4) is 0 Å². The lowest BCUT2D eigenvalue weighted by Gasteiger charge is -2.37. The van der Waals surface area contributed by atoms with E-state index in [9.17, 15) is 9.59 Å². The van der Waals surface area contributed by atoms with Gasteiger partial charge in [-0.05, 0) is 60.0 Å². The molecule has 4 rings (SSSR count). The molecule has 0 N–H and O–H groups in total. The smallest absolute Gasteiger partial charge is 0.242 e. The Hall–Kier alpha value is -3.16. The van der Waals surface area contributed by atoms with Crippen molar-refractivity contribution < 1.29 is 19.1 Å². The van der Waals surface area contributed by atoms with Gasteiger partial charge < -0.3 is 19.3 Å². The highest BCUT2D eigenvalue weighted by Crippen LogP contribution is 2.37. The molecule has 0 saturated carbocycles. The predicted octanol–water partition coefficient (Wildman–Crippen LogP) is 4.73. The third kappa shape index (κ3) is 6.33. The molecule has 0 bridgehead atoms. The number of carbonyl (C=O) groups excluding carboxylic acids is 2. The first-order valence-corrected chi connectivity index (χ1v) is 13.4. The number of rotatable bonds is 11. The minimum absolute atomic E-state index is 0.0276. The van der Waals surface area contributed by atoms with Crippen molar-refractivity contribution in [2.45, 2.75) is 32.2 Å². The lowest BCUT2D eigenvalue weighted by atomic mass is 9.93. The summed E-state index contributed by atoms with van der Waals surface area (Å²) >= 11 is 1.75. The molecule has 0 radical (unpaired) electrons. The highest BCUT2D eigenvalue weighted by atomic mass is 32.1. The lowest BCUT2D eigenvalue weighted by Crippen LogP contribution is -2.47. The molecule has 7 heteroatoms. The number of nitrogens with zero attached hydrogens (tertiary/aromatic N) is 2. The van der Waals surface area contributed by atoms with Gasteiger partial charge in [0.15, 0.2) is 0 Å². The Morgan fingerprint density at radius 3 is 2.58 bits per heavy atom. The van der Waals surface area contributed by atoms with Crippen LogP contribution >= 0.6 is 11.3 Å². The van der Waals surface area contributed by atoms with Crippen LogP contribution in [0, 0.1) is 0 Å². The number of hydrogen-bond acceptors (Lipinski definition) is 5. The van der Waals surface area contributed by atoms with E-state index in [2.05, 4.69) is 23.6 Å². The van der Waals surface area contributed by atoms with Gasteiger partial charge in [0.2, 0.25) is 11.8 Å². The zero-order valence-corrected chi connectivity index (χ0v) is 21.8. The highest BCUT2D eigenvalue weighted by Gasteiger charge is 2.33. The average Bonchev–Trinajstić information content (AvgIpc) is 3.39. The number of amides is 2. The zero-order valence-electron chi connectivity index (χ0n) is 21.0. The molecule has 2 heterocycles. The van der Waals surface area contributed by atoms with Crippen LogP contribution in [0.15, 0.2) is 66.0 Å². The third-order valence-corrected chi connectivity index (χ3v) is 7.51. The van der Waals surface area contributed by atoms with Gasteiger partial charge in [-0.1, -0.05) is 42.5 Å². The summed E-state index contributed by atoms with van der Waals surface area (Å²) in [6.45, 7) is 4.33. The minimum Gasteiger partial charge on any atom is -0.497 e. The maximum Gasteiger partial charge on any atom is 0.242 e. The molecule has 0 saturated heterocycles. The number of fused-ring (bicyclic) bond motifs is 1. The maximum atomic E-state index is 13.7. The molecule has 1 aliphatic heterocycles. The van der Waals surface area contributed by atoms with Gasteiger partial charge in [-0.15, -0.1) is 11.3 Å². The fourth-order valence-electron chi connectivity index (χ4n) is 4.66. The summed E-state index contributed by atoms with van der Waals surface area (Å²) < 4.78 is 10.7. The Kier molecular flexibility index (Phi) is 9.14. The summed E-state index contributed by atoms with van der Waals surface area (Å²) in [5.41, 5.74) is 3.18. The van der Waals surface area contributed by atoms with Gasteiger partial charge in [0, 0.05) is 31.2 Å². The van der Waals surface area contributed by atoms with Gasteiger partial charge in [0.25, 0.3) is 0 Å². The summed E-state index contributed by atoms with van der Waals surface area (Å²) in [4.78, 5) is 32.1. The number of benzene rings is 2. The summed E-state index contributed by atoms with van der Waals surface area (Å²) in [6, 6.07) is 19.7. The van der Waals surface area contributed by atoms with E-state index in [1.807, 2.05) is 54.3 Å². The van der Waals surface area contributed by atoms with Crippen molar-refractivity contribution in [3.8, 4) is 5.75 Å². The highest BCUT2D eigenvalue weighted by molar-refractivity contribution is 7.10. The van der Waals surface area contributed by atoms with E-state index in [0.29, 0.717) is 32.7 Å². The molecular formula is C29H34N2O4S. The molecule has 190 valence electrons. The number of thiophene rings is 1. The predicted molar refractivity (Wildman–Crippen MR) is 142 cm³/mol. The van der Waals surface area contributed by atoms with Crippen molar-refractivity contribution in [1.29, 1.82) is 0 Å². The Morgan fingerprint density at radius 1 is 1.08 bits per heavy atom. The molecule has 1 unspecified atom stereocenters. The molecule has 2 aromatic carbocycles. The second-order valence-corrected chi connectivity index (χ2v) is 9.84. The van der Waals surface area contributed by atoms with Crippen LogP contribution < -0.4 is 4.74 Å². The fourth-order valence-corrected chi connectivity index (χ4v) is 5.56. The second kappa shape index (κ2) is 12.7. The second-order valence-electron chi connectivity index (χ2n) is 8.84. The van der Waals surface area contributed by atoms with Crippen molar-refractivity contribution >= 4 is 23.2 Å². The minimum atomic E-state index is -0.129. The Labute approximate surface area is 217 Å². The summed E-state index contributed by atoms with van der Waals surface area (Å²) in [5, 5.41) is 2.10. The number of carbonyl (C=O) groups is 2. The molecule has 1 atom stereocenters. The quantitative estimate of drug-likeness (QED) is 0.353. The summed E-state index contributed by atoms with van der Waals surface area (Å²) in [7, 11) is 1.62. The standard InChI is InChI=1S/C29H34N2O4S/c1-3-35-18-7-16-30(27(32)20-22-10-12-24(34-2)13-11-22)21-28(33)31-17-14-26-25(15-19-36-26)29(31)23-8-5-4-6-9-23/h4-6,8-13,15,19,29H,3,7,14,16-18,20-21H2,1-2H3. The SMILES string of the molecule is CCOCCCN(CC(=O)N1CCc2sccc2C1c1ccccc1)C(=O)Cc1ccc(OC)cc1. The van der Waals surface area contributed by atoms with Gasteiger partial charge in [-0.2, -0.15) is 0 Å². The van der Waals surface area contributed by atoms with E-state index < -0.39 is 0 Å². The molecule has 6 nitrogen and oxygen atoms in total. The van der Waals surface area contributed by atoms with Gasteiger partial charge in [-0.3, -0.25) is 9.59 Å². The van der Waals surface area contributed by atoms with E-state index >= 15 is 0 Å². The lowest BCUT2D eigenvalue weighted by molar-refractivity contribution is -0.141. The largest absolute Gasteiger partial charge is 0.497 e. The van der Waals surface area contributed by atoms with Gasteiger partial charge >= 0.3 is 0 Å².